The van der Waals surface area contributed by atoms with Crippen molar-refractivity contribution in [3.05, 3.63) is 12.2 Å². The molecule has 2 N–H and O–H groups in total. The third-order valence-electron chi connectivity index (χ3n) is 1.67. The third-order valence-corrected chi connectivity index (χ3v) is 1.67. The maximum Gasteiger partial charge on any atom is 0.0747 e. The predicted octanol–water partition coefficient (Wildman–Crippen LogP) is 0.942. The molecule has 0 aliphatic heterocycles. The highest BCUT2D eigenvalue weighted by atomic mass is 16.3. The second-order valence-corrected chi connectivity index (χ2v) is 2.49. The highest BCUT2D eigenvalue weighted by Gasteiger charge is 2.06. The zero-order valence-corrected chi connectivity index (χ0v) is 6.62. The van der Waals surface area contributed by atoms with Gasteiger partial charge in [-0.3, -0.25) is 0 Å². The van der Waals surface area contributed by atoms with Crippen LogP contribution in [0.2, 0.25) is 0 Å². The van der Waals surface area contributed by atoms with Crippen LogP contribution in [0.5, 0.6) is 0 Å². The first-order chi connectivity index (χ1) is 4.72. The third kappa shape index (κ3) is 3.64. The molecular weight excluding hydrogens is 128 g/mol. The summed E-state index contributed by atoms with van der Waals surface area (Å²) in [5, 5.41) is 17.6. The van der Waals surface area contributed by atoms with Crippen molar-refractivity contribution in [3.63, 3.8) is 0 Å². The molecule has 2 nitrogen and oxygen atoms in total. The van der Waals surface area contributed by atoms with Crippen LogP contribution in [0.4, 0.5) is 0 Å². The number of hydrogen-bond donors (Lipinski definition) is 2. The van der Waals surface area contributed by atoms with Gasteiger partial charge in [0.25, 0.3) is 0 Å². The largest absolute Gasteiger partial charge is 0.392 e. The number of aliphatic hydroxyl groups is 2. The fraction of sp³-hybridized carbons (Fsp3) is 0.750. The molecule has 0 aromatic rings. The molecule has 2 heteroatoms. The summed E-state index contributed by atoms with van der Waals surface area (Å²) in [6.07, 6.45) is 3.75. The first-order valence-electron chi connectivity index (χ1n) is 3.68. The molecule has 0 rings (SSSR count). The van der Waals surface area contributed by atoms with Crippen LogP contribution in [0.3, 0.4) is 0 Å². The molecule has 0 saturated heterocycles. The molecule has 10 heavy (non-hydrogen) atoms. The summed E-state index contributed by atoms with van der Waals surface area (Å²) in [6.45, 7) is 4.01. The van der Waals surface area contributed by atoms with Gasteiger partial charge >= 0.3 is 0 Å². The SMILES string of the molecule is CCC(C)C(O)C=CCO. The van der Waals surface area contributed by atoms with E-state index in [1.807, 2.05) is 13.8 Å². The van der Waals surface area contributed by atoms with Gasteiger partial charge in [-0.25, -0.2) is 0 Å². The number of hydrogen-bond acceptors (Lipinski definition) is 2. The van der Waals surface area contributed by atoms with Gasteiger partial charge in [-0.2, -0.15) is 0 Å². The van der Waals surface area contributed by atoms with Gasteiger partial charge in [0.05, 0.1) is 12.7 Å². The van der Waals surface area contributed by atoms with Crippen LogP contribution in [0.15, 0.2) is 12.2 Å². The van der Waals surface area contributed by atoms with Crippen LogP contribution in [-0.2, 0) is 0 Å². The van der Waals surface area contributed by atoms with Crippen molar-refractivity contribution >= 4 is 0 Å². The molecule has 0 aliphatic carbocycles. The lowest BCUT2D eigenvalue weighted by molar-refractivity contribution is 0.159. The van der Waals surface area contributed by atoms with Crippen molar-refractivity contribution in [2.75, 3.05) is 6.61 Å². The van der Waals surface area contributed by atoms with Gasteiger partial charge in [-0.1, -0.05) is 32.4 Å². The van der Waals surface area contributed by atoms with E-state index < -0.39 is 6.10 Å². The number of rotatable bonds is 4. The molecule has 0 heterocycles. The molecule has 0 aliphatic rings. The van der Waals surface area contributed by atoms with Crippen LogP contribution in [-0.4, -0.2) is 22.9 Å². The first kappa shape index (κ1) is 9.66. The van der Waals surface area contributed by atoms with Gasteiger partial charge in [-0.05, 0) is 5.92 Å². The van der Waals surface area contributed by atoms with E-state index in [-0.39, 0.29) is 12.5 Å². The summed E-state index contributed by atoms with van der Waals surface area (Å²) in [5.41, 5.74) is 0. The Morgan fingerprint density at radius 3 is 2.50 bits per heavy atom. The Morgan fingerprint density at radius 1 is 1.50 bits per heavy atom. The van der Waals surface area contributed by atoms with Crippen molar-refractivity contribution in [2.24, 2.45) is 5.92 Å². The smallest absolute Gasteiger partial charge is 0.0747 e. The summed E-state index contributed by atoms with van der Waals surface area (Å²) >= 11 is 0. The van der Waals surface area contributed by atoms with E-state index in [1.165, 1.54) is 0 Å². The Morgan fingerprint density at radius 2 is 2.10 bits per heavy atom. The van der Waals surface area contributed by atoms with E-state index in [0.29, 0.717) is 0 Å². The lowest BCUT2D eigenvalue weighted by atomic mass is 10.0. The van der Waals surface area contributed by atoms with Gasteiger partial charge in [0.2, 0.25) is 0 Å². The van der Waals surface area contributed by atoms with E-state index in [1.54, 1.807) is 12.2 Å². The Balaban J connectivity index is 3.60. The van der Waals surface area contributed by atoms with E-state index in [9.17, 15) is 5.11 Å². The molecule has 0 aromatic carbocycles. The fourth-order valence-electron chi connectivity index (χ4n) is 0.631. The lowest BCUT2D eigenvalue weighted by Gasteiger charge is -2.11. The maximum absolute atomic E-state index is 9.25. The van der Waals surface area contributed by atoms with Crippen molar-refractivity contribution in [1.29, 1.82) is 0 Å². The van der Waals surface area contributed by atoms with E-state index >= 15 is 0 Å². The summed E-state index contributed by atoms with van der Waals surface area (Å²) in [5.74, 6) is 0.280. The highest BCUT2D eigenvalue weighted by molar-refractivity contribution is 4.90. The van der Waals surface area contributed by atoms with Crippen molar-refractivity contribution in [2.45, 2.75) is 26.4 Å². The second-order valence-electron chi connectivity index (χ2n) is 2.49. The minimum Gasteiger partial charge on any atom is -0.392 e. The van der Waals surface area contributed by atoms with Crippen molar-refractivity contribution < 1.29 is 10.2 Å². The predicted molar refractivity (Wildman–Crippen MR) is 41.7 cm³/mol. The Labute approximate surface area is 62.2 Å². The monoisotopic (exact) mass is 144 g/mol. The van der Waals surface area contributed by atoms with E-state index in [2.05, 4.69) is 0 Å². The average molecular weight is 144 g/mol. The van der Waals surface area contributed by atoms with Gasteiger partial charge in [0, 0.05) is 0 Å². The van der Waals surface area contributed by atoms with Crippen molar-refractivity contribution in [3.8, 4) is 0 Å². The van der Waals surface area contributed by atoms with Gasteiger partial charge in [-0.15, -0.1) is 0 Å². The molecule has 0 bridgehead atoms. The standard InChI is InChI=1S/C8H16O2/c1-3-7(2)8(10)5-4-6-9/h4-5,7-10H,3,6H2,1-2H3. The Hall–Kier alpha value is -0.340. The average Bonchev–Trinajstić information content (AvgIpc) is 1.98. The van der Waals surface area contributed by atoms with Gasteiger partial charge in [0.15, 0.2) is 0 Å². The summed E-state index contributed by atoms with van der Waals surface area (Å²) < 4.78 is 0. The van der Waals surface area contributed by atoms with Gasteiger partial charge in [0.1, 0.15) is 0 Å². The van der Waals surface area contributed by atoms with Crippen LogP contribution >= 0.6 is 0 Å². The zero-order valence-electron chi connectivity index (χ0n) is 6.62. The highest BCUT2D eigenvalue weighted by Crippen LogP contribution is 2.07. The lowest BCUT2D eigenvalue weighted by Crippen LogP contribution is -2.13. The zero-order chi connectivity index (χ0) is 7.98. The van der Waals surface area contributed by atoms with Crippen LogP contribution in [0, 0.1) is 5.92 Å². The molecule has 0 aromatic heterocycles. The quantitative estimate of drug-likeness (QED) is 0.576. The maximum atomic E-state index is 9.25. The van der Waals surface area contributed by atoms with Crippen LogP contribution < -0.4 is 0 Å². The second kappa shape index (κ2) is 5.45. The summed E-state index contributed by atoms with van der Waals surface area (Å²) in [7, 11) is 0. The molecule has 0 saturated carbocycles. The Kier molecular flexibility index (Phi) is 5.26. The van der Waals surface area contributed by atoms with E-state index in [4.69, 9.17) is 5.11 Å². The molecule has 2 atom stereocenters. The molecular formula is C8H16O2. The molecule has 0 spiro atoms. The number of aliphatic hydroxyl groups excluding tert-OH is 2. The molecule has 60 valence electrons. The minimum absolute atomic E-state index is 0.00743. The topological polar surface area (TPSA) is 40.5 Å². The van der Waals surface area contributed by atoms with Crippen molar-refractivity contribution in [1.82, 2.24) is 0 Å². The van der Waals surface area contributed by atoms with Crippen LogP contribution in [0.1, 0.15) is 20.3 Å². The summed E-state index contributed by atoms with van der Waals surface area (Å²) in [4.78, 5) is 0. The first-order valence-corrected chi connectivity index (χ1v) is 3.68. The van der Waals surface area contributed by atoms with E-state index in [0.717, 1.165) is 6.42 Å². The molecule has 2 unspecified atom stereocenters. The molecule has 0 fully saturated rings. The molecule has 0 amide bonds. The summed E-state index contributed by atoms with van der Waals surface area (Å²) in [6, 6.07) is 0. The minimum atomic E-state index is -0.405. The van der Waals surface area contributed by atoms with Gasteiger partial charge < -0.3 is 10.2 Å². The normalized spacial score (nSPS) is 17.6. The Bertz CT molecular complexity index is 99.4. The molecule has 0 radical (unpaired) electrons. The van der Waals surface area contributed by atoms with Crippen LogP contribution in [0.25, 0.3) is 0 Å². The fourth-order valence-corrected chi connectivity index (χ4v) is 0.631.